The van der Waals surface area contributed by atoms with Crippen LogP contribution in [0.15, 0.2) is 17.5 Å². The Kier molecular flexibility index (Phi) is 9.96. The monoisotopic (exact) mass is 413 g/mol. The highest BCUT2D eigenvalue weighted by atomic mass is 35.5. The second kappa shape index (κ2) is 10.9. The number of likely N-dealkylation sites (N-methyl/N-ethyl adjacent to an activating group) is 1. The number of hydrogen-bond acceptors (Lipinski definition) is 6. The molecule has 9 heteroatoms. The third kappa shape index (κ3) is 5.49. The SMILES string of the molecule is CN(CC(c1cccs1)N1CCOCC1)C(=O)C1CSCN1.Cl.Cl. The highest BCUT2D eigenvalue weighted by molar-refractivity contribution is 7.99. The topological polar surface area (TPSA) is 44.8 Å². The minimum Gasteiger partial charge on any atom is -0.379 e. The van der Waals surface area contributed by atoms with E-state index in [-0.39, 0.29) is 42.8 Å². The van der Waals surface area contributed by atoms with Gasteiger partial charge < -0.3 is 9.64 Å². The van der Waals surface area contributed by atoms with E-state index in [4.69, 9.17) is 4.74 Å². The Morgan fingerprint density at radius 1 is 1.46 bits per heavy atom. The lowest BCUT2D eigenvalue weighted by Gasteiger charge is -2.36. The number of ether oxygens (including phenoxy) is 1. The van der Waals surface area contributed by atoms with Gasteiger partial charge in [-0.05, 0) is 11.4 Å². The second-order valence-corrected chi connectivity index (χ2v) is 7.68. The Labute approximate surface area is 164 Å². The molecular weight excluding hydrogens is 389 g/mol. The van der Waals surface area contributed by atoms with E-state index in [0.717, 1.165) is 44.5 Å². The van der Waals surface area contributed by atoms with E-state index < -0.39 is 0 Å². The largest absolute Gasteiger partial charge is 0.379 e. The van der Waals surface area contributed by atoms with Crippen molar-refractivity contribution in [1.29, 1.82) is 0 Å². The quantitative estimate of drug-likeness (QED) is 0.800. The Bertz CT molecular complexity index is 481. The van der Waals surface area contributed by atoms with Gasteiger partial charge in [-0.25, -0.2) is 0 Å². The molecule has 0 radical (unpaired) electrons. The van der Waals surface area contributed by atoms with Gasteiger partial charge in [0.25, 0.3) is 0 Å². The summed E-state index contributed by atoms with van der Waals surface area (Å²) >= 11 is 3.56. The number of nitrogens with one attached hydrogen (secondary N) is 1. The number of hydrogen-bond donors (Lipinski definition) is 1. The van der Waals surface area contributed by atoms with Crippen LogP contribution in [0.4, 0.5) is 0 Å². The zero-order valence-electron chi connectivity index (χ0n) is 13.7. The highest BCUT2D eigenvalue weighted by Gasteiger charge is 2.30. The van der Waals surface area contributed by atoms with Crippen molar-refractivity contribution in [2.24, 2.45) is 0 Å². The summed E-state index contributed by atoms with van der Waals surface area (Å²) in [6.45, 7) is 4.16. The number of carbonyl (C=O) groups excluding carboxylic acids is 1. The van der Waals surface area contributed by atoms with Gasteiger partial charge in [-0.2, -0.15) is 0 Å². The molecule has 1 amide bonds. The summed E-state index contributed by atoms with van der Waals surface area (Å²) in [5, 5.41) is 5.38. The van der Waals surface area contributed by atoms with Crippen molar-refractivity contribution in [2.75, 3.05) is 51.5 Å². The number of nitrogens with zero attached hydrogens (tertiary/aromatic N) is 2. The maximum absolute atomic E-state index is 12.5. The molecule has 2 fully saturated rings. The standard InChI is InChI=1S/C15H23N3O2S2.2ClH/c1-17(15(19)12-10-21-11-16-12)9-13(14-3-2-8-22-14)18-4-6-20-7-5-18;;/h2-3,8,12-13,16H,4-7,9-11H2,1H3;2*1H. The van der Waals surface area contributed by atoms with Crippen LogP contribution in [0, 0.1) is 0 Å². The number of morpholine rings is 1. The molecule has 2 atom stereocenters. The first-order valence-corrected chi connectivity index (χ1v) is 9.70. The average molecular weight is 414 g/mol. The molecule has 0 aliphatic carbocycles. The number of rotatable bonds is 5. The molecule has 1 aromatic rings. The van der Waals surface area contributed by atoms with Crippen molar-refractivity contribution in [3.05, 3.63) is 22.4 Å². The second-order valence-electron chi connectivity index (χ2n) is 5.67. The van der Waals surface area contributed by atoms with Crippen molar-refractivity contribution in [1.82, 2.24) is 15.1 Å². The van der Waals surface area contributed by atoms with Crippen LogP contribution >= 0.6 is 47.9 Å². The molecule has 138 valence electrons. The number of amides is 1. The van der Waals surface area contributed by atoms with Crippen molar-refractivity contribution in [2.45, 2.75) is 12.1 Å². The van der Waals surface area contributed by atoms with Crippen molar-refractivity contribution >= 4 is 53.8 Å². The summed E-state index contributed by atoms with van der Waals surface area (Å²) in [7, 11) is 1.92. The molecule has 1 N–H and O–H groups in total. The van der Waals surface area contributed by atoms with Gasteiger partial charge in [-0.1, -0.05) is 6.07 Å². The van der Waals surface area contributed by atoms with Crippen LogP contribution in [0.3, 0.4) is 0 Å². The van der Waals surface area contributed by atoms with Gasteiger partial charge in [0.1, 0.15) is 0 Å². The lowest BCUT2D eigenvalue weighted by atomic mass is 10.1. The molecule has 2 saturated heterocycles. The maximum Gasteiger partial charge on any atom is 0.240 e. The van der Waals surface area contributed by atoms with Crippen LogP contribution in [-0.4, -0.2) is 73.3 Å². The third-order valence-electron chi connectivity index (χ3n) is 4.20. The van der Waals surface area contributed by atoms with Gasteiger partial charge in [-0.3, -0.25) is 15.0 Å². The first-order valence-electron chi connectivity index (χ1n) is 7.67. The summed E-state index contributed by atoms with van der Waals surface area (Å²) in [6.07, 6.45) is 0. The number of carbonyl (C=O) groups is 1. The van der Waals surface area contributed by atoms with Crippen LogP contribution in [0.2, 0.25) is 0 Å². The predicted molar refractivity (Wildman–Crippen MR) is 106 cm³/mol. The van der Waals surface area contributed by atoms with Crippen LogP contribution < -0.4 is 5.32 Å². The molecule has 0 bridgehead atoms. The lowest BCUT2D eigenvalue weighted by Crippen LogP contribution is -2.48. The predicted octanol–water partition coefficient (Wildman–Crippen LogP) is 2.09. The summed E-state index contributed by atoms with van der Waals surface area (Å²) in [5.41, 5.74) is 0. The smallest absolute Gasteiger partial charge is 0.240 e. The van der Waals surface area contributed by atoms with E-state index in [9.17, 15) is 4.79 Å². The van der Waals surface area contributed by atoms with Gasteiger partial charge in [0.05, 0.1) is 25.3 Å². The molecule has 2 unspecified atom stereocenters. The normalized spacial score (nSPS) is 22.3. The Hall–Kier alpha value is -0.0200. The zero-order valence-corrected chi connectivity index (χ0v) is 16.9. The Balaban J connectivity index is 0.00000144. The number of halogens is 2. The molecule has 24 heavy (non-hydrogen) atoms. The molecule has 1 aromatic heterocycles. The molecule has 5 nitrogen and oxygen atoms in total. The Morgan fingerprint density at radius 3 is 2.79 bits per heavy atom. The van der Waals surface area contributed by atoms with Gasteiger partial charge in [0.2, 0.25) is 5.91 Å². The minimum absolute atomic E-state index is 0. The van der Waals surface area contributed by atoms with Crippen LogP contribution in [0.25, 0.3) is 0 Å². The minimum atomic E-state index is -0.0244. The zero-order chi connectivity index (χ0) is 15.4. The molecule has 2 aliphatic heterocycles. The van der Waals surface area contributed by atoms with E-state index in [1.165, 1.54) is 4.88 Å². The number of thiophene rings is 1. The molecule has 0 aromatic carbocycles. The van der Waals surface area contributed by atoms with E-state index in [1.807, 2.05) is 11.9 Å². The molecule has 0 spiro atoms. The fourth-order valence-electron chi connectivity index (χ4n) is 2.92. The van der Waals surface area contributed by atoms with Crippen molar-refractivity contribution in [3.63, 3.8) is 0 Å². The molecular formula is C15H25Cl2N3O2S2. The molecule has 3 rings (SSSR count). The molecule has 0 saturated carbocycles. The fourth-order valence-corrected chi connectivity index (χ4v) is 4.71. The third-order valence-corrected chi connectivity index (χ3v) is 6.11. The summed E-state index contributed by atoms with van der Waals surface area (Å²) < 4.78 is 5.47. The molecule has 2 aliphatic rings. The first-order chi connectivity index (χ1) is 10.8. The summed E-state index contributed by atoms with van der Waals surface area (Å²) in [6, 6.07) is 4.51. The highest BCUT2D eigenvalue weighted by Crippen LogP contribution is 2.27. The van der Waals surface area contributed by atoms with E-state index in [1.54, 1.807) is 23.1 Å². The van der Waals surface area contributed by atoms with E-state index in [0.29, 0.717) is 0 Å². The fraction of sp³-hybridized carbons (Fsp3) is 0.667. The van der Waals surface area contributed by atoms with Gasteiger partial charge in [0.15, 0.2) is 0 Å². The van der Waals surface area contributed by atoms with Crippen LogP contribution in [-0.2, 0) is 9.53 Å². The van der Waals surface area contributed by atoms with Crippen molar-refractivity contribution < 1.29 is 9.53 Å². The Morgan fingerprint density at radius 2 is 2.21 bits per heavy atom. The molecule has 3 heterocycles. The van der Waals surface area contributed by atoms with Crippen LogP contribution in [0.5, 0.6) is 0 Å². The van der Waals surface area contributed by atoms with Gasteiger partial charge >= 0.3 is 0 Å². The first kappa shape index (κ1) is 22.0. The van der Waals surface area contributed by atoms with Gasteiger partial charge in [0, 0.05) is 43.2 Å². The van der Waals surface area contributed by atoms with Crippen LogP contribution in [0.1, 0.15) is 10.9 Å². The van der Waals surface area contributed by atoms with Crippen molar-refractivity contribution in [3.8, 4) is 0 Å². The maximum atomic E-state index is 12.5. The lowest BCUT2D eigenvalue weighted by molar-refractivity contribution is -0.132. The number of thioether (sulfide) groups is 1. The summed E-state index contributed by atoms with van der Waals surface area (Å²) in [4.78, 5) is 18.2. The van der Waals surface area contributed by atoms with E-state index >= 15 is 0 Å². The van der Waals surface area contributed by atoms with E-state index in [2.05, 4.69) is 27.7 Å². The average Bonchev–Trinajstić information content (AvgIpc) is 3.25. The van der Waals surface area contributed by atoms with Gasteiger partial charge in [-0.15, -0.1) is 47.9 Å². The summed E-state index contributed by atoms with van der Waals surface area (Å²) in [5.74, 6) is 1.96.